The number of likely N-dealkylation sites (tertiary alicyclic amines) is 1. The molecule has 110 valence electrons. The van der Waals surface area contributed by atoms with Gasteiger partial charge in [0.1, 0.15) is 12.1 Å². The first kappa shape index (κ1) is 13.8. The number of nitrogens with zero attached hydrogens (tertiary/aromatic N) is 2. The van der Waals surface area contributed by atoms with E-state index in [0.717, 1.165) is 12.2 Å². The topological polar surface area (TPSA) is 66.6 Å². The minimum atomic E-state index is -0.752. The van der Waals surface area contributed by atoms with E-state index in [1.54, 1.807) is 12.1 Å². The predicted molar refractivity (Wildman–Crippen MR) is 72.9 cm³/mol. The van der Waals surface area contributed by atoms with E-state index in [4.69, 9.17) is 9.52 Å². The van der Waals surface area contributed by atoms with Crippen molar-refractivity contribution >= 4 is 5.97 Å². The van der Waals surface area contributed by atoms with Gasteiger partial charge < -0.3 is 9.52 Å². The Morgan fingerprint density at radius 1 is 1.52 bits per heavy atom. The van der Waals surface area contributed by atoms with Gasteiger partial charge in [-0.05, 0) is 31.2 Å². The van der Waals surface area contributed by atoms with Crippen molar-refractivity contribution in [1.82, 2.24) is 9.88 Å². The number of aromatic nitrogens is 1. The normalized spacial score (nSPS) is 19.0. The lowest BCUT2D eigenvalue weighted by molar-refractivity contribution is -0.141. The van der Waals surface area contributed by atoms with E-state index in [1.165, 1.54) is 18.4 Å². The largest absolute Gasteiger partial charge is 0.481 e. The Morgan fingerprint density at radius 2 is 2.38 bits per heavy atom. The molecule has 1 atom stereocenters. The summed E-state index contributed by atoms with van der Waals surface area (Å²) in [6.45, 7) is 1.80. The maximum atomic E-state index is 13.2. The molecule has 0 unspecified atom stereocenters. The first-order chi connectivity index (χ1) is 10.1. The molecule has 1 aromatic heterocycles. The van der Waals surface area contributed by atoms with Crippen LogP contribution in [0.5, 0.6) is 0 Å². The van der Waals surface area contributed by atoms with Gasteiger partial charge in [0, 0.05) is 18.7 Å². The van der Waals surface area contributed by atoms with Crippen molar-refractivity contribution in [2.75, 3.05) is 13.1 Å². The Hall–Kier alpha value is -2.21. The van der Waals surface area contributed by atoms with Crippen LogP contribution < -0.4 is 0 Å². The Labute approximate surface area is 121 Å². The fourth-order valence-electron chi connectivity index (χ4n) is 2.54. The fourth-order valence-corrected chi connectivity index (χ4v) is 2.54. The summed E-state index contributed by atoms with van der Waals surface area (Å²) in [7, 11) is 0. The molecule has 1 N–H and O–H groups in total. The summed E-state index contributed by atoms with van der Waals surface area (Å²) in [4.78, 5) is 17.3. The number of carbonyl (C=O) groups is 1. The van der Waals surface area contributed by atoms with Gasteiger partial charge in [-0.1, -0.05) is 6.07 Å². The molecule has 0 bridgehead atoms. The van der Waals surface area contributed by atoms with Crippen LogP contribution in [-0.4, -0.2) is 34.0 Å². The number of oxazole rings is 1. The maximum Gasteiger partial charge on any atom is 0.307 e. The summed E-state index contributed by atoms with van der Waals surface area (Å²) < 4.78 is 18.5. The van der Waals surface area contributed by atoms with E-state index >= 15 is 0 Å². The Kier molecular flexibility index (Phi) is 3.70. The molecule has 0 aliphatic carbocycles. The minimum absolute atomic E-state index is 0.306. The van der Waals surface area contributed by atoms with E-state index in [0.29, 0.717) is 31.0 Å². The van der Waals surface area contributed by atoms with Crippen molar-refractivity contribution < 1.29 is 18.7 Å². The van der Waals surface area contributed by atoms with E-state index in [9.17, 15) is 9.18 Å². The summed E-state index contributed by atoms with van der Waals surface area (Å²) in [6.07, 6.45) is 2.19. The molecule has 1 saturated heterocycles. The van der Waals surface area contributed by atoms with Crippen molar-refractivity contribution in [3.63, 3.8) is 0 Å². The van der Waals surface area contributed by atoms with Gasteiger partial charge in [-0.2, -0.15) is 0 Å². The Bertz CT molecular complexity index is 656. The van der Waals surface area contributed by atoms with E-state index in [1.807, 2.05) is 4.90 Å². The molecule has 1 fully saturated rings. The summed E-state index contributed by atoms with van der Waals surface area (Å²) in [6, 6.07) is 6.07. The Balaban J connectivity index is 1.67. The molecule has 1 aromatic carbocycles. The van der Waals surface area contributed by atoms with Crippen molar-refractivity contribution in [2.24, 2.45) is 5.92 Å². The molecule has 0 amide bonds. The zero-order chi connectivity index (χ0) is 14.8. The standard InChI is InChI=1S/C15H15FN2O3/c16-12-3-1-2-10(6-12)14-17-13(9-21-14)8-18-5-4-11(7-18)15(19)20/h1-3,6,9,11H,4-5,7-8H2,(H,19,20)/t11-/m1/s1. The number of hydrogen-bond acceptors (Lipinski definition) is 4. The lowest BCUT2D eigenvalue weighted by Gasteiger charge is -2.12. The van der Waals surface area contributed by atoms with Gasteiger partial charge in [-0.15, -0.1) is 0 Å². The van der Waals surface area contributed by atoms with Crippen LogP contribution in [0.2, 0.25) is 0 Å². The average molecular weight is 290 g/mol. The van der Waals surface area contributed by atoms with E-state index < -0.39 is 5.97 Å². The summed E-state index contributed by atoms with van der Waals surface area (Å²) in [5, 5.41) is 8.98. The molecular formula is C15H15FN2O3. The van der Waals surface area contributed by atoms with Gasteiger partial charge >= 0.3 is 5.97 Å². The van der Waals surface area contributed by atoms with Crippen LogP contribution in [0.3, 0.4) is 0 Å². The summed E-state index contributed by atoms with van der Waals surface area (Å²) in [5.41, 5.74) is 1.31. The fraction of sp³-hybridized carbons (Fsp3) is 0.333. The van der Waals surface area contributed by atoms with Crippen molar-refractivity contribution in [2.45, 2.75) is 13.0 Å². The predicted octanol–water partition coefficient (Wildman–Crippen LogP) is 2.39. The average Bonchev–Trinajstić information content (AvgIpc) is 3.08. The Morgan fingerprint density at radius 3 is 3.10 bits per heavy atom. The molecule has 0 spiro atoms. The molecule has 0 radical (unpaired) electrons. The van der Waals surface area contributed by atoms with E-state index in [2.05, 4.69) is 4.98 Å². The van der Waals surface area contributed by atoms with Crippen LogP contribution >= 0.6 is 0 Å². The molecule has 2 aromatic rings. The first-order valence-electron chi connectivity index (χ1n) is 6.77. The van der Waals surface area contributed by atoms with Crippen molar-refractivity contribution in [3.05, 3.63) is 42.0 Å². The molecular weight excluding hydrogens is 275 g/mol. The highest BCUT2D eigenvalue weighted by molar-refractivity contribution is 5.70. The zero-order valence-corrected chi connectivity index (χ0v) is 11.3. The molecule has 2 heterocycles. The van der Waals surface area contributed by atoms with Crippen LogP contribution in [0.4, 0.5) is 4.39 Å². The van der Waals surface area contributed by atoms with Gasteiger partial charge in [0.15, 0.2) is 0 Å². The second kappa shape index (κ2) is 5.65. The van der Waals surface area contributed by atoms with Gasteiger partial charge in [-0.25, -0.2) is 9.37 Å². The summed E-state index contributed by atoms with van der Waals surface area (Å²) >= 11 is 0. The highest BCUT2D eigenvalue weighted by atomic mass is 19.1. The lowest BCUT2D eigenvalue weighted by atomic mass is 10.1. The number of rotatable bonds is 4. The molecule has 5 nitrogen and oxygen atoms in total. The number of halogens is 1. The van der Waals surface area contributed by atoms with Crippen molar-refractivity contribution in [3.8, 4) is 11.5 Å². The van der Waals surface area contributed by atoms with Gasteiger partial charge in [0.2, 0.25) is 5.89 Å². The molecule has 0 saturated carbocycles. The van der Waals surface area contributed by atoms with Crippen molar-refractivity contribution in [1.29, 1.82) is 0 Å². The highest BCUT2D eigenvalue weighted by Crippen LogP contribution is 2.22. The lowest BCUT2D eigenvalue weighted by Crippen LogP contribution is -2.22. The second-order valence-electron chi connectivity index (χ2n) is 5.21. The van der Waals surface area contributed by atoms with Crippen LogP contribution in [0.15, 0.2) is 34.9 Å². The molecule has 3 rings (SSSR count). The summed E-state index contributed by atoms with van der Waals surface area (Å²) in [5.74, 6) is -1.02. The minimum Gasteiger partial charge on any atom is -0.481 e. The first-order valence-corrected chi connectivity index (χ1v) is 6.77. The number of carboxylic acids is 1. The van der Waals surface area contributed by atoms with Crippen LogP contribution in [0, 0.1) is 11.7 Å². The maximum absolute atomic E-state index is 13.2. The number of benzene rings is 1. The quantitative estimate of drug-likeness (QED) is 0.936. The van der Waals surface area contributed by atoms with Gasteiger partial charge in [-0.3, -0.25) is 9.69 Å². The SMILES string of the molecule is O=C(O)[C@@H]1CCN(Cc2coc(-c3cccc(F)c3)n2)C1. The number of hydrogen-bond donors (Lipinski definition) is 1. The number of aliphatic carboxylic acids is 1. The molecule has 6 heteroatoms. The van der Waals surface area contributed by atoms with E-state index in [-0.39, 0.29) is 11.7 Å². The smallest absolute Gasteiger partial charge is 0.307 e. The van der Waals surface area contributed by atoms with Crippen LogP contribution in [0.25, 0.3) is 11.5 Å². The number of carboxylic acid groups (broad SMARTS) is 1. The van der Waals surface area contributed by atoms with Gasteiger partial charge in [0.05, 0.1) is 11.6 Å². The van der Waals surface area contributed by atoms with Crippen LogP contribution in [-0.2, 0) is 11.3 Å². The third-order valence-corrected chi connectivity index (χ3v) is 3.63. The van der Waals surface area contributed by atoms with Gasteiger partial charge in [0.25, 0.3) is 0 Å². The highest BCUT2D eigenvalue weighted by Gasteiger charge is 2.28. The second-order valence-corrected chi connectivity index (χ2v) is 5.21. The zero-order valence-electron chi connectivity index (χ0n) is 11.3. The third kappa shape index (κ3) is 3.11. The monoisotopic (exact) mass is 290 g/mol. The van der Waals surface area contributed by atoms with Crippen LogP contribution in [0.1, 0.15) is 12.1 Å². The third-order valence-electron chi connectivity index (χ3n) is 3.63. The molecule has 21 heavy (non-hydrogen) atoms. The molecule has 1 aliphatic heterocycles. The molecule has 1 aliphatic rings.